The molecule has 4 nitrogen and oxygen atoms in total. The topological polar surface area (TPSA) is 51.0 Å². The molecule has 1 atom stereocenters. The Balaban J connectivity index is 1.57. The summed E-state index contributed by atoms with van der Waals surface area (Å²) in [4.78, 5) is 0. The van der Waals surface area contributed by atoms with Crippen molar-refractivity contribution in [1.29, 1.82) is 0 Å². The average Bonchev–Trinajstić information content (AvgIpc) is 3.17. The second-order valence-electron chi connectivity index (χ2n) is 4.62. The molecule has 114 valence electrons. The molecule has 22 heavy (non-hydrogen) atoms. The number of hydrogen-bond donors (Lipinski definition) is 1. The zero-order valence-electron chi connectivity index (χ0n) is 11.8. The lowest BCUT2D eigenvalue weighted by Crippen LogP contribution is -1.96. The number of thioether (sulfide) groups is 1. The second kappa shape index (κ2) is 6.93. The number of furan rings is 1. The largest absolute Gasteiger partial charge is 0.467 e. The molecule has 3 aromatic rings. The normalized spacial score (nSPS) is 12.3. The Kier molecular flexibility index (Phi) is 4.74. The van der Waals surface area contributed by atoms with Crippen molar-refractivity contribution in [3.8, 4) is 0 Å². The summed E-state index contributed by atoms with van der Waals surface area (Å²) in [5.41, 5.74) is 1.06. The number of halogens is 1. The molecule has 3 rings (SSSR count). The molecule has 1 aromatic carbocycles. The van der Waals surface area contributed by atoms with E-state index in [-0.39, 0.29) is 11.1 Å². The summed E-state index contributed by atoms with van der Waals surface area (Å²) < 4.78 is 19.1. The minimum absolute atomic E-state index is 0.187. The molecule has 2 aromatic heterocycles. The van der Waals surface area contributed by atoms with E-state index >= 15 is 0 Å². The van der Waals surface area contributed by atoms with E-state index in [1.165, 1.54) is 23.5 Å². The quantitative estimate of drug-likeness (QED) is 0.660. The average molecular weight is 335 g/mol. The van der Waals surface area contributed by atoms with Crippen molar-refractivity contribution in [3.63, 3.8) is 0 Å². The van der Waals surface area contributed by atoms with Crippen LogP contribution in [0, 0.1) is 5.82 Å². The molecule has 0 fully saturated rings. The second-order valence-corrected chi connectivity index (χ2v) is 7.18. The molecule has 0 spiro atoms. The summed E-state index contributed by atoms with van der Waals surface area (Å²) in [6.45, 7) is 2.65. The first-order chi connectivity index (χ1) is 10.7. The number of hydrogen-bond acceptors (Lipinski definition) is 6. The fourth-order valence-corrected chi connectivity index (χ4v) is 3.88. The van der Waals surface area contributed by atoms with Gasteiger partial charge in [0.2, 0.25) is 5.13 Å². The van der Waals surface area contributed by atoms with Gasteiger partial charge in [-0.1, -0.05) is 35.2 Å². The molecule has 0 aliphatic carbocycles. The third kappa shape index (κ3) is 3.86. The van der Waals surface area contributed by atoms with Gasteiger partial charge >= 0.3 is 0 Å². The van der Waals surface area contributed by atoms with Crippen LogP contribution in [0.25, 0.3) is 0 Å². The van der Waals surface area contributed by atoms with E-state index in [0.717, 1.165) is 20.8 Å². The van der Waals surface area contributed by atoms with Gasteiger partial charge in [0, 0.05) is 5.25 Å². The van der Waals surface area contributed by atoms with Gasteiger partial charge in [-0.15, -0.1) is 10.2 Å². The van der Waals surface area contributed by atoms with E-state index in [9.17, 15) is 4.39 Å². The Morgan fingerprint density at radius 3 is 2.82 bits per heavy atom. The summed E-state index contributed by atoms with van der Waals surface area (Å²) in [5, 5.41) is 12.4. The predicted molar refractivity (Wildman–Crippen MR) is 86.6 cm³/mol. The molecule has 0 radical (unpaired) electrons. The molecule has 2 heterocycles. The number of aromatic nitrogens is 2. The van der Waals surface area contributed by atoms with E-state index in [1.807, 2.05) is 12.1 Å². The van der Waals surface area contributed by atoms with Crippen molar-refractivity contribution in [2.75, 3.05) is 5.32 Å². The summed E-state index contributed by atoms with van der Waals surface area (Å²) in [5.74, 6) is 0.630. The van der Waals surface area contributed by atoms with Crippen molar-refractivity contribution < 1.29 is 8.81 Å². The van der Waals surface area contributed by atoms with Crippen LogP contribution in [-0.2, 0) is 6.54 Å². The maximum atomic E-state index is 12.9. The molecular weight excluding hydrogens is 321 g/mol. The number of anilines is 1. The van der Waals surface area contributed by atoms with Crippen molar-refractivity contribution in [2.45, 2.75) is 23.1 Å². The Labute approximate surface area is 135 Å². The Morgan fingerprint density at radius 1 is 1.27 bits per heavy atom. The molecule has 1 N–H and O–H groups in total. The maximum Gasteiger partial charge on any atom is 0.206 e. The van der Waals surface area contributed by atoms with Crippen LogP contribution < -0.4 is 5.32 Å². The lowest BCUT2D eigenvalue weighted by molar-refractivity contribution is 0.518. The fourth-order valence-electron chi connectivity index (χ4n) is 1.86. The summed E-state index contributed by atoms with van der Waals surface area (Å²) in [7, 11) is 0. The zero-order chi connectivity index (χ0) is 15.4. The molecule has 0 saturated carbocycles. The van der Waals surface area contributed by atoms with E-state index in [2.05, 4.69) is 22.4 Å². The SMILES string of the molecule is C[C@@H](Sc1nnc(NCc2ccco2)s1)c1ccc(F)cc1. The van der Waals surface area contributed by atoms with Gasteiger partial charge in [0.05, 0.1) is 12.8 Å². The summed E-state index contributed by atoms with van der Waals surface area (Å²) in [6, 6.07) is 10.3. The highest BCUT2D eigenvalue weighted by Gasteiger charge is 2.12. The van der Waals surface area contributed by atoms with Crippen LogP contribution in [0.5, 0.6) is 0 Å². The molecular formula is C15H14FN3OS2. The summed E-state index contributed by atoms with van der Waals surface area (Å²) >= 11 is 3.10. The molecule has 0 aliphatic heterocycles. The van der Waals surface area contributed by atoms with Gasteiger partial charge in [-0.25, -0.2) is 4.39 Å². The van der Waals surface area contributed by atoms with Crippen molar-refractivity contribution in [1.82, 2.24) is 10.2 Å². The number of nitrogens with one attached hydrogen (secondary N) is 1. The standard InChI is InChI=1S/C15H14FN3OS2/c1-10(11-4-6-12(16)7-5-11)21-15-19-18-14(22-15)17-9-13-3-2-8-20-13/h2-8,10H,9H2,1H3,(H,17,18)/t10-/m1/s1. The van der Waals surface area contributed by atoms with Crippen LogP contribution in [0.2, 0.25) is 0 Å². The van der Waals surface area contributed by atoms with Crippen molar-refractivity contribution in [3.05, 3.63) is 59.8 Å². The molecule has 0 aliphatic rings. The van der Waals surface area contributed by atoms with Crippen LogP contribution >= 0.6 is 23.1 Å². The van der Waals surface area contributed by atoms with Crippen LogP contribution in [0.3, 0.4) is 0 Å². The minimum Gasteiger partial charge on any atom is -0.467 e. The van der Waals surface area contributed by atoms with E-state index in [1.54, 1.807) is 30.2 Å². The Morgan fingerprint density at radius 2 is 2.09 bits per heavy atom. The Bertz CT molecular complexity index is 713. The smallest absolute Gasteiger partial charge is 0.206 e. The van der Waals surface area contributed by atoms with Gasteiger partial charge in [0.1, 0.15) is 11.6 Å². The van der Waals surface area contributed by atoms with Gasteiger partial charge < -0.3 is 9.73 Å². The van der Waals surface area contributed by atoms with Crippen molar-refractivity contribution in [2.24, 2.45) is 0 Å². The first kappa shape index (κ1) is 15.1. The summed E-state index contributed by atoms with van der Waals surface area (Å²) in [6.07, 6.45) is 1.64. The van der Waals surface area contributed by atoms with Gasteiger partial charge in [0.25, 0.3) is 0 Å². The first-order valence-electron chi connectivity index (χ1n) is 6.72. The maximum absolute atomic E-state index is 12.9. The van der Waals surface area contributed by atoms with Crippen LogP contribution in [0.15, 0.2) is 51.4 Å². The third-order valence-corrected chi connectivity index (χ3v) is 5.14. The van der Waals surface area contributed by atoms with Crippen LogP contribution in [0.4, 0.5) is 9.52 Å². The first-order valence-corrected chi connectivity index (χ1v) is 8.42. The molecule has 7 heteroatoms. The predicted octanol–water partition coefficient (Wildman–Crippen LogP) is 4.74. The number of nitrogens with zero attached hydrogens (tertiary/aromatic N) is 2. The van der Waals surface area contributed by atoms with Gasteiger partial charge in [0.15, 0.2) is 4.34 Å². The highest BCUT2D eigenvalue weighted by atomic mass is 32.2. The van der Waals surface area contributed by atoms with Gasteiger partial charge in [-0.3, -0.25) is 0 Å². The third-order valence-electron chi connectivity index (χ3n) is 3.02. The van der Waals surface area contributed by atoms with E-state index in [4.69, 9.17) is 4.42 Å². The zero-order valence-corrected chi connectivity index (χ0v) is 13.5. The van der Waals surface area contributed by atoms with Crippen LogP contribution in [-0.4, -0.2) is 10.2 Å². The molecule has 0 bridgehead atoms. The van der Waals surface area contributed by atoms with Crippen molar-refractivity contribution >= 4 is 28.2 Å². The lowest BCUT2D eigenvalue weighted by atomic mass is 10.2. The van der Waals surface area contributed by atoms with Gasteiger partial charge in [-0.2, -0.15) is 0 Å². The van der Waals surface area contributed by atoms with E-state index in [0.29, 0.717) is 6.54 Å². The fraction of sp³-hybridized carbons (Fsp3) is 0.200. The lowest BCUT2D eigenvalue weighted by Gasteiger charge is -2.08. The van der Waals surface area contributed by atoms with Crippen LogP contribution in [0.1, 0.15) is 23.5 Å². The van der Waals surface area contributed by atoms with Gasteiger partial charge in [-0.05, 0) is 36.8 Å². The Hall–Kier alpha value is -1.86. The highest BCUT2D eigenvalue weighted by molar-refractivity contribution is 8.01. The molecule has 0 unspecified atom stereocenters. The number of benzene rings is 1. The molecule has 0 amide bonds. The minimum atomic E-state index is -0.221. The highest BCUT2D eigenvalue weighted by Crippen LogP contribution is 2.37. The number of rotatable bonds is 6. The monoisotopic (exact) mass is 335 g/mol. The molecule has 0 saturated heterocycles. The van der Waals surface area contributed by atoms with E-state index < -0.39 is 0 Å².